The molecule has 4 atom stereocenters. The summed E-state index contributed by atoms with van der Waals surface area (Å²) in [6, 6.07) is 8.08. The van der Waals surface area contributed by atoms with Gasteiger partial charge in [-0.15, -0.1) is 13.2 Å². The number of alkyl halides is 3. The van der Waals surface area contributed by atoms with E-state index in [0.717, 1.165) is 24.3 Å². The van der Waals surface area contributed by atoms with Crippen molar-refractivity contribution < 1.29 is 17.9 Å². The van der Waals surface area contributed by atoms with Gasteiger partial charge >= 0.3 is 6.36 Å². The first-order chi connectivity index (χ1) is 16.3. The van der Waals surface area contributed by atoms with Crippen LogP contribution in [0.1, 0.15) is 56.1 Å². The fourth-order valence-corrected chi connectivity index (χ4v) is 6.42. The van der Waals surface area contributed by atoms with Crippen molar-refractivity contribution in [3.63, 3.8) is 0 Å². The van der Waals surface area contributed by atoms with Crippen LogP contribution in [0.15, 0.2) is 30.5 Å². The molecule has 34 heavy (non-hydrogen) atoms. The summed E-state index contributed by atoms with van der Waals surface area (Å²) in [5.41, 5.74) is 0.933. The van der Waals surface area contributed by atoms with E-state index in [0.29, 0.717) is 16.9 Å². The van der Waals surface area contributed by atoms with E-state index in [1.807, 2.05) is 0 Å². The standard InChI is InChI=1S/C25H28F3N5O/c26-25(27,28)34-21-4-2-1-3-18(21)13-30-23-31-14-20(12-29)22(33-23)32-15-24-8-7-17-6-5-16(10-24)9-19(17)11-24/h1-4,14,16-17,19H,5-11,13,15H2,(H2,30,31,32,33). The first-order valence-electron chi connectivity index (χ1n) is 11.9. The SMILES string of the molecule is N#Cc1cnc(NCc2ccccc2OC(F)(F)F)nc1NCC12CCC3CCC(CC3C1)C2. The summed E-state index contributed by atoms with van der Waals surface area (Å²) in [6.07, 6.45) is 5.76. The fourth-order valence-electron chi connectivity index (χ4n) is 6.42. The van der Waals surface area contributed by atoms with E-state index in [4.69, 9.17) is 0 Å². The third-order valence-electron chi connectivity index (χ3n) is 7.89. The monoisotopic (exact) mass is 471 g/mol. The topological polar surface area (TPSA) is 82.9 Å². The van der Waals surface area contributed by atoms with Gasteiger partial charge in [0.1, 0.15) is 23.2 Å². The Bertz CT molecular complexity index is 1080. The molecule has 6 nitrogen and oxygen atoms in total. The molecule has 180 valence electrons. The van der Waals surface area contributed by atoms with Crippen molar-refractivity contribution >= 4 is 11.8 Å². The molecule has 3 aliphatic carbocycles. The molecule has 3 fully saturated rings. The number of fused-ring (bicyclic) bond motifs is 2. The highest BCUT2D eigenvalue weighted by Crippen LogP contribution is 2.58. The molecule has 0 amide bonds. The smallest absolute Gasteiger partial charge is 0.405 e. The van der Waals surface area contributed by atoms with Gasteiger partial charge in [-0.1, -0.05) is 24.6 Å². The van der Waals surface area contributed by atoms with Gasteiger partial charge in [-0.3, -0.25) is 0 Å². The number of rotatable bonds is 7. The predicted molar refractivity (Wildman–Crippen MR) is 121 cm³/mol. The van der Waals surface area contributed by atoms with Gasteiger partial charge in [0.25, 0.3) is 0 Å². The van der Waals surface area contributed by atoms with Crippen LogP contribution in [-0.2, 0) is 6.54 Å². The van der Waals surface area contributed by atoms with Crippen LogP contribution in [0.25, 0.3) is 0 Å². The highest BCUT2D eigenvalue weighted by Gasteiger charge is 2.48. The Kier molecular flexibility index (Phi) is 6.00. The van der Waals surface area contributed by atoms with Crippen LogP contribution in [0, 0.1) is 34.5 Å². The lowest BCUT2D eigenvalue weighted by molar-refractivity contribution is -0.274. The lowest BCUT2D eigenvalue weighted by Gasteiger charge is -2.55. The van der Waals surface area contributed by atoms with Crippen LogP contribution < -0.4 is 15.4 Å². The van der Waals surface area contributed by atoms with Crippen LogP contribution >= 0.6 is 0 Å². The number of para-hydroxylation sites is 1. The van der Waals surface area contributed by atoms with Crippen LogP contribution in [0.2, 0.25) is 0 Å². The first-order valence-corrected chi connectivity index (χ1v) is 11.9. The Labute approximate surface area is 196 Å². The minimum absolute atomic E-state index is 0.0479. The quantitative estimate of drug-likeness (QED) is 0.525. The number of hydrogen-bond donors (Lipinski definition) is 2. The second kappa shape index (κ2) is 8.97. The molecule has 3 saturated carbocycles. The Balaban J connectivity index is 1.27. The number of halogens is 3. The average molecular weight is 472 g/mol. The summed E-state index contributed by atoms with van der Waals surface area (Å²) < 4.78 is 42.2. The molecular weight excluding hydrogens is 443 g/mol. The number of aromatic nitrogens is 2. The highest BCUT2D eigenvalue weighted by molar-refractivity contribution is 5.53. The first kappa shape index (κ1) is 22.8. The van der Waals surface area contributed by atoms with Crippen LogP contribution in [0.3, 0.4) is 0 Å². The Hall–Kier alpha value is -3.02. The van der Waals surface area contributed by atoms with Crippen molar-refractivity contribution in [1.82, 2.24) is 9.97 Å². The van der Waals surface area contributed by atoms with Crippen molar-refractivity contribution in [2.75, 3.05) is 17.2 Å². The van der Waals surface area contributed by atoms with Gasteiger partial charge in [0, 0.05) is 18.7 Å². The minimum Gasteiger partial charge on any atom is -0.405 e. The summed E-state index contributed by atoms with van der Waals surface area (Å²) >= 11 is 0. The van der Waals surface area contributed by atoms with Crippen molar-refractivity contribution in [2.24, 2.45) is 23.2 Å². The molecule has 0 aliphatic heterocycles. The van der Waals surface area contributed by atoms with Crippen molar-refractivity contribution in [3.05, 3.63) is 41.6 Å². The van der Waals surface area contributed by atoms with E-state index >= 15 is 0 Å². The molecule has 3 aliphatic rings. The van der Waals surface area contributed by atoms with Gasteiger partial charge in [0.15, 0.2) is 0 Å². The summed E-state index contributed by atoms with van der Waals surface area (Å²) in [4.78, 5) is 8.65. The van der Waals surface area contributed by atoms with E-state index in [1.54, 1.807) is 12.1 Å². The lowest BCUT2D eigenvalue weighted by atomic mass is 9.51. The molecular formula is C25H28F3N5O. The Morgan fingerprint density at radius 3 is 2.79 bits per heavy atom. The van der Waals surface area contributed by atoms with Crippen LogP contribution in [-0.4, -0.2) is 22.9 Å². The molecule has 4 unspecified atom stereocenters. The van der Waals surface area contributed by atoms with E-state index in [2.05, 4.69) is 31.4 Å². The zero-order valence-electron chi connectivity index (χ0n) is 18.9. The average Bonchev–Trinajstić information content (AvgIpc) is 2.80. The lowest BCUT2D eigenvalue weighted by Crippen LogP contribution is -2.47. The fraction of sp³-hybridized carbons (Fsp3) is 0.560. The zero-order chi connectivity index (χ0) is 23.8. The predicted octanol–water partition coefficient (Wildman–Crippen LogP) is 5.88. The number of nitrogens with one attached hydrogen (secondary N) is 2. The molecule has 0 saturated heterocycles. The maximum Gasteiger partial charge on any atom is 0.573 e. The van der Waals surface area contributed by atoms with E-state index < -0.39 is 6.36 Å². The number of nitriles is 1. The Morgan fingerprint density at radius 1 is 1.12 bits per heavy atom. The molecule has 9 heteroatoms. The van der Waals surface area contributed by atoms with Crippen molar-refractivity contribution in [3.8, 4) is 11.8 Å². The zero-order valence-corrected chi connectivity index (χ0v) is 18.9. The summed E-state index contributed by atoms with van der Waals surface area (Å²) in [6.45, 7) is 0.826. The van der Waals surface area contributed by atoms with E-state index in [1.165, 1.54) is 63.3 Å². The van der Waals surface area contributed by atoms with Crippen molar-refractivity contribution in [1.29, 1.82) is 5.26 Å². The van der Waals surface area contributed by atoms with Crippen LogP contribution in [0.5, 0.6) is 5.75 Å². The van der Waals surface area contributed by atoms with E-state index in [-0.39, 0.29) is 23.7 Å². The highest BCUT2D eigenvalue weighted by atomic mass is 19.4. The molecule has 1 aromatic heterocycles. The van der Waals surface area contributed by atoms with Gasteiger partial charge in [-0.2, -0.15) is 10.2 Å². The molecule has 3 bridgehead atoms. The molecule has 0 spiro atoms. The Morgan fingerprint density at radius 2 is 1.97 bits per heavy atom. The van der Waals surface area contributed by atoms with Gasteiger partial charge in [-0.05, 0) is 67.8 Å². The number of benzene rings is 1. The molecule has 5 rings (SSSR count). The number of ether oxygens (including phenoxy) is 1. The molecule has 2 aromatic rings. The molecule has 2 N–H and O–H groups in total. The molecule has 1 aromatic carbocycles. The second-order valence-electron chi connectivity index (χ2n) is 10.1. The largest absolute Gasteiger partial charge is 0.573 e. The maximum absolute atomic E-state index is 12.7. The van der Waals surface area contributed by atoms with Gasteiger partial charge in [0.2, 0.25) is 5.95 Å². The number of nitrogens with zero attached hydrogens (tertiary/aromatic N) is 3. The summed E-state index contributed by atoms with van der Waals surface area (Å²) in [5.74, 6) is 2.97. The van der Waals surface area contributed by atoms with Gasteiger partial charge in [-0.25, -0.2) is 4.98 Å². The number of hydrogen-bond acceptors (Lipinski definition) is 6. The normalized spacial score (nSPS) is 27.6. The second-order valence-corrected chi connectivity index (χ2v) is 10.1. The minimum atomic E-state index is -4.77. The number of anilines is 2. The molecule has 0 radical (unpaired) electrons. The summed E-state index contributed by atoms with van der Waals surface area (Å²) in [7, 11) is 0. The third-order valence-corrected chi connectivity index (χ3v) is 7.89. The molecule has 1 heterocycles. The van der Waals surface area contributed by atoms with Gasteiger partial charge < -0.3 is 15.4 Å². The van der Waals surface area contributed by atoms with Gasteiger partial charge in [0.05, 0.1) is 6.20 Å². The maximum atomic E-state index is 12.7. The van der Waals surface area contributed by atoms with Crippen LogP contribution in [0.4, 0.5) is 24.9 Å². The van der Waals surface area contributed by atoms with E-state index in [9.17, 15) is 18.4 Å². The van der Waals surface area contributed by atoms with Crippen molar-refractivity contribution in [2.45, 2.75) is 57.9 Å². The third kappa shape index (κ3) is 4.91. The summed E-state index contributed by atoms with van der Waals surface area (Å²) in [5, 5.41) is 15.9.